The Hall–Kier alpha value is -1.92. The van der Waals surface area contributed by atoms with Gasteiger partial charge in [-0.05, 0) is 19.0 Å². The molecule has 2 heterocycles. The molecule has 0 saturated heterocycles. The van der Waals surface area contributed by atoms with Gasteiger partial charge in [0.25, 0.3) is 0 Å². The smallest absolute Gasteiger partial charge is 0.216 e. The SMILES string of the molecule is CCCNC(c1cc(OC)ncn1)c1cc(Cl)cnc1N. The number of methoxy groups -OCH3 is 1. The summed E-state index contributed by atoms with van der Waals surface area (Å²) in [4.78, 5) is 12.4. The Bertz CT molecular complexity index is 608. The highest BCUT2D eigenvalue weighted by Crippen LogP contribution is 2.27. The summed E-state index contributed by atoms with van der Waals surface area (Å²) in [5, 5.41) is 3.93. The number of anilines is 1. The predicted octanol–water partition coefficient (Wildman–Crippen LogP) is 2.20. The average molecular weight is 308 g/mol. The number of nitrogen functional groups attached to an aromatic ring is 1. The average Bonchev–Trinajstić information content (AvgIpc) is 2.51. The molecule has 21 heavy (non-hydrogen) atoms. The van der Waals surface area contributed by atoms with Gasteiger partial charge in [-0.3, -0.25) is 0 Å². The van der Waals surface area contributed by atoms with Crippen LogP contribution < -0.4 is 15.8 Å². The standard InChI is InChI=1S/C14H18ClN5O/c1-3-4-17-13(10-5-9(15)7-18-14(10)16)11-6-12(21-2)20-8-19-11/h5-8,13,17H,3-4H2,1-2H3,(H2,16,18). The van der Waals surface area contributed by atoms with Gasteiger partial charge in [0.2, 0.25) is 5.88 Å². The summed E-state index contributed by atoms with van der Waals surface area (Å²) < 4.78 is 5.15. The van der Waals surface area contributed by atoms with Crippen LogP contribution >= 0.6 is 11.6 Å². The number of nitrogens with two attached hydrogens (primary N) is 1. The predicted molar refractivity (Wildman–Crippen MR) is 82.4 cm³/mol. The Balaban J connectivity index is 2.44. The molecule has 7 heteroatoms. The van der Waals surface area contributed by atoms with Gasteiger partial charge in [-0.2, -0.15) is 0 Å². The summed E-state index contributed by atoms with van der Waals surface area (Å²) >= 11 is 6.04. The lowest BCUT2D eigenvalue weighted by Crippen LogP contribution is -2.25. The number of hydrogen-bond acceptors (Lipinski definition) is 6. The zero-order chi connectivity index (χ0) is 15.2. The van der Waals surface area contributed by atoms with Gasteiger partial charge in [-0.25, -0.2) is 15.0 Å². The lowest BCUT2D eigenvalue weighted by Gasteiger charge is -2.20. The fourth-order valence-corrected chi connectivity index (χ4v) is 2.15. The Morgan fingerprint density at radius 3 is 2.86 bits per heavy atom. The lowest BCUT2D eigenvalue weighted by atomic mass is 10.0. The van der Waals surface area contributed by atoms with Gasteiger partial charge >= 0.3 is 0 Å². The van der Waals surface area contributed by atoms with E-state index in [4.69, 9.17) is 22.1 Å². The third kappa shape index (κ3) is 3.80. The van der Waals surface area contributed by atoms with Crippen LogP contribution in [0.25, 0.3) is 0 Å². The number of halogens is 1. The van der Waals surface area contributed by atoms with Crippen molar-refractivity contribution in [2.24, 2.45) is 0 Å². The second-order valence-electron chi connectivity index (χ2n) is 4.50. The molecule has 0 aliphatic carbocycles. The summed E-state index contributed by atoms with van der Waals surface area (Å²) in [5.41, 5.74) is 7.53. The van der Waals surface area contributed by atoms with Crippen LogP contribution in [0.4, 0.5) is 5.82 Å². The summed E-state index contributed by atoms with van der Waals surface area (Å²) in [7, 11) is 1.57. The van der Waals surface area contributed by atoms with Crippen LogP contribution in [0.3, 0.4) is 0 Å². The summed E-state index contributed by atoms with van der Waals surface area (Å²) in [5.74, 6) is 0.919. The first kappa shape index (κ1) is 15.5. The Morgan fingerprint density at radius 1 is 1.33 bits per heavy atom. The van der Waals surface area contributed by atoms with Crippen molar-refractivity contribution < 1.29 is 4.74 Å². The van der Waals surface area contributed by atoms with E-state index in [9.17, 15) is 0 Å². The maximum atomic E-state index is 6.04. The van der Waals surface area contributed by atoms with Crippen molar-refractivity contribution in [3.8, 4) is 5.88 Å². The van der Waals surface area contributed by atoms with Crippen molar-refractivity contribution in [1.82, 2.24) is 20.3 Å². The van der Waals surface area contributed by atoms with E-state index < -0.39 is 0 Å². The van der Waals surface area contributed by atoms with E-state index in [1.54, 1.807) is 19.2 Å². The van der Waals surface area contributed by atoms with Gasteiger partial charge in [-0.15, -0.1) is 0 Å². The van der Waals surface area contributed by atoms with Gasteiger partial charge in [-0.1, -0.05) is 18.5 Å². The Morgan fingerprint density at radius 2 is 2.14 bits per heavy atom. The van der Waals surface area contributed by atoms with Crippen LogP contribution in [0.1, 0.15) is 30.6 Å². The number of nitrogens with zero attached hydrogens (tertiary/aromatic N) is 3. The zero-order valence-electron chi connectivity index (χ0n) is 12.0. The summed E-state index contributed by atoms with van der Waals surface area (Å²) in [6, 6.07) is 3.35. The van der Waals surface area contributed by atoms with Crippen molar-refractivity contribution in [2.75, 3.05) is 19.4 Å². The largest absolute Gasteiger partial charge is 0.481 e. The molecular weight excluding hydrogens is 290 g/mol. The number of hydrogen-bond donors (Lipinski definition) is 2. The molecule has 0 bridgehead atoms. The first-order valence-electron chi connectivity index (χ1n) is 6.66. The van der Waals surface area contributed by atoms with Gasteiger partial charge in [0.05, 0.1) is 23.9 Å². The van der Waals surface area contributed by atoms with Crippen molar-refractivity contribution in [2.45, 2.75) is 19.4 Å². The van der Waals surface area contributed by atoms with E-state index in [-0.39, 0.29) is 6.04 Å². The fourth-order valence-electron chi connectivity index (χ4n) is 1.98. The molecule has 0 amide bonds. The van der Waals surface area contributed by atoms with Crippen molar-refractivity contribution in [3.63, 3.8) is 0 Å². The highest BCUT2D eigenvalue weighted by atomic mass is 35.5. The van der Waals surface area contributed by atoms with Gasteiger partial charge in [0.1, 0.15) is 12.1 Å². The van der Waals surface area contributed by atoms with E-state index in [0.717, 1.165) is 24.2 Å². The molecule has 0 aromatic carbocycles. The molecule has 2 rings (SSSR count). The number of rotatable bonds is 6. The molecule has 0 spiro atoms. The van der Waals surface area contributed by atoms with Crippen molar-refractivity contribution in [1.29, 1.82) is 0 Å². The molecule has 0 fully saturated rings. The third-order valence-corrected chi connectivity index (χ3v) is 3.20. The van der Waals surface area contributed by atoms with Gasteiger partial charge < -0.3 is 15.8 Å². The normalized spacial score (nSPS) is 12.1. The lowest BCUT2D eigenvalue weighted by molar-refractivity contribution is 0.394. The molecule has 2 aromatic heterocycles. The van der Waals surface area contributed by atoms with Gasteiger partial charge in [0, 0.05) is 17.8 Å². The minimum absolute atomic E-state index is 0.215. The zero-order valence-corrected chi connectivity index (χ0v) is 12.8. The maximum absolute atomic E-state index is 6.04. The Kier molecular flexibility index (Phi) is 5.30. The van der Waals surface area contributed by atoms with Crippen molar-refractivity contribution in [3.05, 3.63) is 40.9 Å². The van der Waals surface area contributed by atoms with Crippen molar-refractivity contribution >= 4 is 17.4 Å². The molecule has 0 radical (unpaired) electrons. The first-order valence-corrected chi connectivity index (χ1v) is 7.03. The second-order valence-corrected chi connectivity index (χ2v) is 4.94. The number of nitrogens with one attached hydrogen (secondary N) is 1. The molecular formula is C14H18ClN5O. The highest BCUT2D eigenvalue weighted by molar-refractivity contribution is 6.30. The van der Waals surface area contributed by atoms with E-state index in [1.165, 1.54) is 12.5 Å². The molecule has 3 N–H and O–H groups in total. The summed E-state index contributed by atoms with van der Waals surface area (Å²) in [6.45, 7) is 2.90. The maximum Gasteiger partial charge on any atom is 0.216 e. The topological polar surface area (TPSA) is 86.0 Å². The number of aromatic nitrogens is 3. The van der Waals surface area contributed by atoms with Crippen LogP contribution in [0, 0.1) is 0 Å². The van der Waals surface area contributed by atoms with Crippen LogP contribution in [-0.4, -0.2) is 28.6 Å². The van der Waals surface area contributed by atoms with E-state index >= 15 is 0 Å². The number of pyridine rings is 1. The van der Waals surface area contributed by atoms with E-state index in [1.807, 2.05) is 0 Å². The molecule has 6 nitrogen and oxygen atoms in total. The molecule has 1 unspecified atom stereocenters. The summed E-state index contributed by atoms with van der Waals surface area (Å²) in [6.07, 6.45) is 3.97. The minimum atomic E-state index is -0.215. The van der Waals surface area contributed by atoms with E-state index in [0.29, 0.717) is 16.7 Å². The highest BCUT2D eigenvalue weighted by Gasteiger charge is 2.19. The monoisotopic (exact) mass is 307 g/mol. The molecule has 0 aliphatic rings. The second kappa shape index (κ2) is 7.19. The molecule has 112 valence electrons. The van der Waals surface area contributed by atoms with Crippen LogP contribution in [0.2, 0.25) is 5.02 Å². The van der Waals surface area contributed by atoms with Crippen LogP contribution in [0.5, 0.6) is 5.88 Å². The third-order valence-electron chi connectivity index (χ3n) is 2.99. The minimum Gasteiger partial charge on any atom is -0.481 e. The van der Waals surface area contributed by atoms with Crippen LogP contribution in [0.15, 0.2) is 24.7 Å². The molecule has 1 atom stereocenters. The van der Waals surface area contributed by atoms with Gasteiger partial charge in [0.15, 0.2) is 0 Å². The molecule has 0 aliphatic heterocycles. The van der Waals surface area contributed by atoms with Crippen LogP contribution in [-0.2, 0) is 0 Å². The molecule has 2 aromatic rings. The fraction of sp³-hybridized carbons (Fsp3) is 0.357. The number of ether oxygens (including phenoxy) is 1. The molecule has 0 saturated carbocycles. The quantitative estimate of drug-likeness (QED) is 0.851. The Labute approximate surface area is 128 Å². The first-order chi connectivity index (χ1) is 10.2. The van der Waals surface area contributed by atoms with E-state index in [2.05, 4.69) is 27.2 Å².